The Hall–Kier alpha value is -5.66. The molecule has 2 fully saturated rings. The van der Waals surface area contributed by atoms with Gasteiger partial charge < -0.3 is 39.9 Å². The summed E-state index contributed by atoms with van der Waals surface area (Å²) in [6.07, 6.45) is 5.32. The van der Waals surface area contributed by atoms with E-state index in [9.17, 15) is 19.2 Å². The quantitative estimate of drug-likeness (QED) is 0.126. The third kappa shape index (κ3) is 7.80. The summed E-state index contributed by atoms with van der Waals surface area (Å²) in [5.74, 6) is 7.38. The number of nitrogens with zero attached hydrogens (tertiary/aromatic N) is 4. The smallest absolute Gasteiger partial charge is 0.407 e. The second kappa shape index (κ2) is 16.4. The van der Waals surface area contributed by atoms with E-state index in [2.05, 4.69) is 42.8 Å². The lowest BCUT2D eigenvalue weighted by Crippen LogP contribution is -2.51. The zero-order chi connectivity index (χ0) is 38.6. The third-order valence-electron chi connectivity index (χ3n) is 10.0. The molecule has 1 aromatic carbocycles. The number of ether oxygens (including phenoxy) is 2. The first-order valence-electron chi connectivity index (χ1n) is 18.1. The number of methoxy groups -OCH3 is 2. The van der Waals surface area contributed by atoms with Crippen molar-refractivity contribution in [3.63, 3.8) is 0 Å². The Kier molecular flexibility index (Phi) is 11.2. The number of thiophene rings is 2. The molecule has 2 unspecified atom stereocenters. The maximum atomic E-state index is 13.9. The number of hydrogen-bond donors (Lipinski definition) is 4. The number of aromatic amines is 2. The molecule has 2 saturated heterocycles. The van der Waals surface area contributed by atoms with Crippen LogP contribution >= 0.6 is 22.7 Å². The first kappa shape index (κ1) is 37.6. The Morgan fingerprint density at radius 2 is 1.45 bits per heavy atom. The minimum absolute atomic E-state index is 0.119. The number of carbonyl (C=O) groups is 4. The molecule has 6 heterocycles. The van der Waals surface area contributed by atoms with Crippen LogP contribution in [0.4, 0.5) is 9.59 Å². The number of likely N-dealkylation sites (tertiary alicyclic amines) is 2. The number of H-pyrrole nitrogens is 2. The van der Waals surface area contributed by atoms with Gasteiger partial charge in [0.2, 0.25) is 5.91 Å². The van der Waals surface area contributed by atoms with E-state index in [1.807, 2.05) is 55.8 Å². The number of nitrogens with one attached hydrogen (secondary N) is 4. The van der Waals surface area contributed by atoms with Crippen LogP contribution in [0.5, 0.6) is 0 Å². The van der Waals surface area contributed by atoms with Crippen molar-refractivity contribution in [2.75, 3.05) is 27.3 Å². The average molecular weight is 783 g/mol. The fraction of sp³-hybridized carbons (Fsp3) is 0.385. The summed E-state index contributed by atoms with van der Waals surface area (Å²) in [7, 11) is 2.56. The highest BCUT2D eigenvalue weighted by Gasteiger charge is 2.38. The highest BCUT2D eigenvalue weighted by Crippen LogP contribution is 2.41. The summed E-state index contributed by atoms with van der Waals surface area (Å²) in [6, 6.07) is 7.04. The normalized spacial score (nSPS) is 17.8. The lowest BCUT2D eigenvalue weighted by Gasteiger charge is -2.29. The molecule has 55 heavy (non-hydrogen) atoms. The first-order valence-corrected chi connectivity index (χ1v) is 19.9. The van der Waals surface area contributed by atoms with Gasteiger partial charge in [0.15, 0.2) is 0 Å². The van der Waals surface area contributed by atoms with Gasteiger partial charge in [-0.3, -0.25) is 9.59 Å². The van der Waals surface area contributed by atoms with E-state index in [1.165, 1.54) is 14.2 Å². The van der Waals surface area contributed by atoms with Gasteiger partial charge in [0.05, 0.1) is 59.4 Å². The predicted octanol–water partition coefficient (Wildman–Crippen LogP) is 6.28. The Bertz CT molecular complexity index is 2250. The Balaban J connectivity index is 1.06. The predicted molar refractivity (Wildman–Crippen MR) is 208 cm³/mol. The lowest BCUT2D eigenvalue weighted by atomic mass is 10.0. The van der Waals surface area contributed by atoms with Crippen molar-refractivity contribution in [1.82, 2.24) is 40.4 Å². The van der Waals surface area contributed by atoms with Crippen LogP contribution in [0.1, 0.15) is 86.1 Å². The van der Waals surface area contributed by atoms with Gasteiger partial charge >= 0.3 is 12.2 Å². The molecule has 0 radical (unpaired) electrons. The summed E-state index contributed by atoms with van der Waals surface area (Å²) in [6.45, 7) is 4.89. The number of alkyl carbamates (subject to hydrolysis) is 2. The Morgan fingerprint density at radius 3 is 2.15 bits per heavy atom. The topological polar surface area (TPSA) is 175 Å². The molecule has 4 atom stereocenters. The average Bonchev–Trinajstić information content (AvgIpc) is 4.05. The molecule has 286 valence electrons. The van der Waals surface area contributed by atoms with E-state index in [0.717, 1.165) is 51.9 Å². The maximum Gasteiger partial charge on any atom is 0.407 e. The van der Waals surface area contributed by atoms with Gasteiger partial charge in [-0.25, -0.2) is 19.6 Å². The monoisotopic (exact) mass is 782 g/mol. The summed E-state index contributed by atoms with van der Waals surface area (Å²) >= 11 is 3.22. The molecule has 7 rings (SSSR count). The van der Waals surface area contributed by atoms with Crippen LogP contribution in [0.25, 0.3) is 20.7 Å². The molecule has 4 amide bonds. The molecule has 4 N–H and O–H groups in total. The van der Waals surface area contributed by atoms with Crippen molar-refractivity contribution < 1.29 is 28.7 Å². The van der Waals surface area contributed by atoms with Gasteiger partial charge in [-0.1, -0.05) is 50.1 Å². The van der Waals surface area contributed by atoms with Crippen LogP contribution in [0.3, 0.4) is 0 Å². The van der Waals surface area contributed by atoms with Gasteiger partial charge in [-0.2, -0.15) is 0 Å². The van der Waals surface area contributed by atoms with E-state index < -0.39 is 24.3 Å². The Morgan fingerprint density at radius 1 is 0.818 bits per heavy atom. The zero-order valence-corrected chi connectivity index (χ0v) is 32.5. The standard InChI is InChI=1S/C39H42N8O6S2/c1-22(2)30(44-38(50)52-3)36(48)46-16-8-12-28(46)34-40-18-25(42-34)15-14-24-20-54-33-26(21-55-32(24)33)27-19-41-35(43-27)29-13-9-17-47(29)37(49)31(45-39(51)53-4)23-10-6-5-7-11-23/h5-7,10-11,18-22,28-31H,8-9,12-13,16-17H2,1-4H3,(H,40,42)(H,41,43)(H,44,50)(H,45,51)/t28?,29?,30-,31+/m0/s1. The third-order valence-corrected chi connectivity index (χ3v) is 12.2. The van der Waals surface area contributed by atoms with Gasteiger partial charge in [-0.05, 0) is 43.1 Å². The minimum atomic E-state index is -0.889. The second-order valence-electron chi connectivity index (χ2n) is 13.8. The maximum absolute atomic E-state index is 13.9. The van der Waals surface area contributed by atoms with Crippen LogP contribution < -0.4 is 10.6 Å². The zero-order valence-electron chi connectivity index (χ0n) is 30.9. The van der Waals surface area contributed by atoms with Crippen molar-refractivity contribution in [3.8, 4) is 23.1 Å². The molecule has 0 aliphatic carbocycles. The number of aromatic nitrogens is 4. The molecule has 4 aromatic heterocycles. The van der Waals surface area contributed by atoms with Gasteiger partial charge in [-0.15, -0.1) is 22.7 Å². The van der Waals surface area contributed by atoms with E-state index in [1.54, 1.807) is 38.7 Å². The van der Waals surface area contributed by atoms with E-state index in [-0.39, 0.29) is 29.8 Å². The fourth-order valence-electron chi connectivity index (χ4n) is 7.22. The fourth-order valence-corrected chi connectivity index (χ4v) is 9.52. The van der Waals surface area contributed by atoms with Gasteiger partial charge in [0.25, 0.3) is 5.91 Å². The van der Waals surface area contributed by atoms with Crippen LogP contribution in [0.15, 0.2) is 53.5 Å². The largest absolute Gasteiger partial charge is 0.453 e. The van der Waals surface area contributed by atoms with Crippen molar-refractivity contribution in [3.05, 3.63) is 82.0 Å². The van der Waals surface area contributed by atoms with Crippen molar-refractivity contribution in [1.29, 1.82) is 0 Å². The minimum Gasteiger partial charge on any atom is -0.453 e. The number of carbonyl (C=O) groups excluding carboxylic acids is 4. The molecule has 16 heteroatoms. The lowest BCUT2D eigenvalue weighted by molar-refractivity contribution is -0.135. The van der Waals surface area contributed by atoms with Crippen LogP contribution in [0, 0.1) is 17.8 Å². The second-order valence-corrected chi connectivity index (χ2v) is 15.5. The number of hydrogen-bond acceptors (Lipinski definition) is 10. The van der Waals surface area contributed by atoms with Gasteiger partial charge in [0, 0.05) is 29.4 Å². The molecule has 2 aliphatic rings. The van der Waals surface area contributed by atoms with Crippen molar-refractivity contribution >= 4 is 56.1 Å². The number of fused-ring (bicyclic) bond motifs is 1. The highest BCUT2D eigenvalue weighted by molar-refractivity contribution is 7.27. The molecule has 2 aliphatic heterocycles. The molecule has 0 saturated carbocycles. The molecular weight excluding hydrogens is 741 g/mol. The van der Waals surface area contributed by atoms with Crippen LogP contribution in [0.2, 0.25) is 0 Å². The molecular formula is C39H42N8O6S2. The molecule has 0 spiro atoms. The first-order chi connectivity index (χ1) is 26.7. The molecule has 5 aromatic rings. The summed E-state index contributed by atoms with van der Waals surface area (Å²) < 4.78 is 11.7. The summed E-state index contributed by atoms with van der Waals surface area (Å²) in [4.78, 5) is 71.3. The summed E-state index contributed by atoms with van der Waals surface area (Å²) in [5, 5.41) is 9.52. The number of benzene rings is 1. The van der Waals surface area contributed by atoms with E-state index in [0.29, 0.717) is 36.0 Å². The van der Waals surface area contributed by atoms with Gasteiger partial charge in [0.1, 0.15) is 29.4 Å². The van der Waals surface area contributed by atoms with E-state index in [4.69, 9.17) is 14.5 Å². The SMILES string of the molecule is COC(=O)N[C@H](C(=O)N1CCCC1c1ncc(C#Cc2csc3c(-c4cnc(C5CCCN5C(=O)[C@H](NC(=O)OC)c5ccccc5)[nH]4)csc23)[nH]1)C(C)C. The number of amides is 4. The van der Waals surface area contributed by atoms with E-state index >= 15 is 0 Å². The van der Waals surface area contributed by atoms with Crippen LogP contribution in [-0.4, -0.2) is 87.1 Å². The van der Waals surface area contributed by atoms with Crippen LogP contribution in [-0.2, 0) is 19.1 Å². The number of rotatable bonds is 9. The van der Waals surface area contributed by atoms with Crippen molar-refractivity contribution in [2.45, 2.75) is 63.7 Å². The molecule has 14 nitrogen and oxygen atoms in total. The summed E-state index contributed by atoms with van der Waals surface area (Å²) in [5.41, 5.74) is 4.08. The number of imidazole rings is 2. The highest BCUT2D eigenvalue weighted by atomic mass is 32.1. The van der Waals surface area contributed by atoms with Crippen molar-refractivity contribution in [2.24, 2.45) is 5.92 Å². The Labute approximate surface area is 326 Å². The molecule has 0 bridgehead atoms.